The van der Waals surface area contributed by atoms with Crippen molar-refractivity contribution in [1.29, 1.82) is 0 Å². The molecule has 108 valence electrons. The predicted molar refractivity (Wildman–Crippen MR) is 80.2 cm³/mol. The summed E-state index contributed by atoms with van der Waals surface area (Å²) in [6.45, 7) is 2.70. The van der Waals surface area contributed by atoms with Crippen molar-refractivity contribution in [2.75, 3.05) is 0 Å². The van der Waals surface area contributed by atoms with E-state index in [2.05, 4.69) is 17.2 Å². The maximum absolute atomic E-state index is 11.9. The molecule has 2 heterocycles. The number of benzene rings is 1. The highest BCUT2D eigenvalue weighted by Crippen LogP contribution is 2.13. The number of aryl methyl sites for hydroxylation is 1. The van der Waals surface area contributed by atoms with Crippen molar-refractivity contribution >= 4 is 11.0 Å². The molecule has 0 saturated heterocycles. The zero-order chi connectivity index (χ0) is 14.7. The van der Waals surface area contributed by atoms with Gasteiger partial charge in [0.05, 0.1) is 6.54 Å². The van der Waals surface area contributed by atoms with Crippen LogP contribution in [0.1, 0.15) is 31.1 Å². The normalized spacial score (nSPS) is 11.1. The van der Waals surface area contributed by atoms with Crippen LogP contribution in [0.3, 0.4) is 0 Å². The zero-order valence-corrected chi connectivity index (χ0v) is 12.0. The Hall–Kier alpha value is -2.43. The minimum atomic E-state index is -0.405. The fourth-order valence-electron chi connectivity index (χ4n) is 2.31. The van der Waals surface area contributed by atoms with Gasteiger partial charge in [0, 0.05) is 12.5 Å². The summed E-state index contributed by atoms with van der Waals surface area (Å²) in [7, 11) is 0. The van der Waals surface area contributed by atoms with Gasteiger partial charge in [-0.25, -0.2) is 9.48 Å². The average molecular weight is 283 g/mol. The maximum atomic E-state index is 11.9. The standard InChI is InChI=1S/C16H17N3O2/c1-2-3-9-13-10-14-15(16(20)21-13)17-18-19(14)11-12-7-5-4-6-8-12/h4-8,10H,2-3,9,11H2,1H3. The lowest BCUT2D eigenvalue weighted by molar-refractivity contribution is 0.459. The molecule has 0 amide bonds. The molecule has 5 heteroatoms. The van der Waals surface area contributed by atoms with E-state index in [1.54, 1.807) is 4.68 Å². The number of hydrogen-bond acceptors (Lipinski definition) is 4. The van der Waals surface area contributed by atoms with E-state index < -0.39 is 5.63 Å². The van der Waals surface area contributed by atoms with E-state index in [1.807, 2.05) is 36.4 Å². The lowest BCUT2D eigenvalue weighted by Gasteiger charge is -2.03. The molecule has 0 bridgehead atoms. The SMILES string of the molecule is CCCCc1cc2c(nnn2Cc2ccccc2)c(=O)o1. The van der Waals surface area contributed by atoms with Gasteiger partial charge in [0.1, 0.15) is 11.3 Å². The average Bonchev–Trinajstić information content (AvgIpc) is 2.90. The summed E-state index contributed by atoms with van der Waals surface area (Å²) in [5.41, 5.74) is 1.75. The minimum Gasteiger partial charge on any atom is -0.426 e. The number of fused-ring (bicyclic) bond motifs is 1. The van der Waals surface area contributed by atoms with Gasteiger partial charge in [-0.15, -0.1) is 5.10 Å². The van der Waals surface area contributed by atoms with Crippen molar-refractivity contribution in [3.05, 3.63) is 58.1 Å². The number of nitrogens with zero attached hydrogens (tertiary/aromatic N) is 3. The summed E-state index contributed by atoms with van der Waals surface area (Å²) in [4.78, 5) is 11.9. The third-order valence-corrected chi connectivity index (χ3v) is 3.44. The third kappa shape index (κ3) is 2.86. The van der Waals surface area contributed by atoms with Gasteiger partial charge >= 0.3 is 5.63 Å². The largest absolute Gasteiger partial charge is 0.426 e. The first-order valence-corrected chi connectivity index (χ1v) is 7.18. The summed E-state index contributed by atoms with van der Waals surface area (Å²) in [5, 5.41) is 8.02. The van der Waals surface area contributed by atoms with Crippen LogP contribution in [0.25, 0.3) is 11.0 Å². The van der Waals surface area contributed by atoms with Crippen LogP contribution in [0.15, 0.2) is 45.6 Å². The first kappa shape index (κ1) is 13.5. The topological polar surface area (TPSA) is 60.9 Å². The van der Waals surface area contributed by atoms with Gasteiger partial charge in [0.15, 0.2) is 5.52 Å². The van der Waals surface area contributed by atoms with Gasteiger partial charge in [-0.1, -0.05) is 48.9 Å². The van der Waals surface area contributed by atoms with Crippen molar-refractivity contribution in [2.24, 2.45) is 0 Å². The van der Waals surface area contributed by atoms with E-state index in [0.29, 0.717) is 17.8 Å². The van der Waals surface area contributed by atoms with Crippen LogP contribution in [-0.2, 0) is 13.0 Å². The van der Waals surface area contributed by atoms with Crippen LogP contribution in [0.5, 0.6) is 0 Å². The van der Waals surface area contributed by atoms with E-state index in [9.17, 15) is 4.79 Å². The molecule has 5 nitrogen and oxygen atoms in total. The lowest BCUT2D eigenvalue weighted by atomic mass is 10.2. The molecule has 0 fully saturated rings. The molecule has 0 aliphatic heterocycles. The first-order valence-electron chi connectivity index (χ1n) is 7.18. The second kappa shape index (κ2) is 5.91. The van der Waals surface area contributed by atoms with E-state index in [4.69, 9.17) is 4.42 Å². The Morgan fingerprint density at radius 3 is 2.81 bits per heavy atom. The Labute approximate surface area is 122 Å². The van der Waals surface area contributed by atoms with Gasteiger partial charge < -0.3 is 4.42 Å². The van der Waals surface area contributed by atoms with Crippen LogP contribution in [-0.4, -0.2) is 15.0 Å². The minimum absolute atomic E-state index is 0.297. The van der Waals surface area contributed by atoms with Gasteiger partial charge in [0.2, 0.25) is 0 Å². The van der Waals surface area contributed by atoms with Crippen molar-refractivity contribution in [1.82, 2.24) is 15.0 Å². The molecule has 0 radical (unpaired) electrons. The Kier molecular flexibility index (Phi) is 3.81. The van der Waals surface area contributed by atoms with E-state index >= 15 is 0 Å². The monoisotopic (exact) mass is 283 g/mol. The van der Waals surface area contributed by atoms with Crippen LogP contribution >= 0.6 is 0 Å². The number of rotatable bonds is 5. The van der Waals surface area contributed by atoms with Gasteiger partial charge in [0.25, 0.3) is 0 Å². The fraction of sp³-hybridized carbons (Fsp3) is 0.312. The maximum Gasteiger partial charge on any atom is 0.366 e. The highest BCUT2D eigenvalue weighted by Gasteiger charge is 2.12. The molecule has 0 atom stereocenters. The number of hydrogen-bond donors (Lipinski definition) is 0. The van der Waals surface area contributed by atoms with E-state index in [1.165, 1.54) is 0 Å². The highest BCUT2D eigenvalue weighted by atomic mass is 16.4. The molecule has 21 heavy (non-hydrogen) atoms. The molecule has 0 saturated carbocycles. The van der Waals surface area contributed by atoms with Crippen molar-refractivity contribution in [3.63, 3.8) is 0 Å². The molecule has 0 N–H and O–H groups in total. The van der Waals surface area contributed by atoms with Crippen LogP contribution in [0.2, 0.25) is 0 Å². The molecule has 0 aliphatic carbocycles. The molecular formula is C16H17N3O2. The molecule has 0 spiro atoms. The smallest absolute Gasteiger partial charge is 0.366 e. The Balaban J connectivity index is 1.99. The highest BCUT2D eigenvalue weighted by molar-refractivity contribution is 5.72. The Bertz CT molecular complexity index is 790. The second-order valence-corrected chi connectivity index (χ2v) is 5.07. The molecule has 3 rings (SSSR count). The quantitative estimate of drug-likeness (QED) is 0.722. The van der Waals surface area contributed by atoms with Crippen molar-refractivity contribution in [3.8, 4) is 0 Å². The summed E-state index contributed by atoms with van der Waals surface area (Å²) < 4.78 is 7.03. The van der Waals surface area contributed by atoms with Crippen LogP contribution in [0.4, 0.5) is 0 Å². The first-order chi connectivity index (χ1) is 10.3. The molecule has 0 aliphatic rings. The van der Waals surface area contributed by atoms with E-state index in [-0.39, 0.29) is 0 Å². The van der Waals surface area contributed by atoms with E-state index in [0.717, 1.165) is 30.3 Å². The molecule has 2 aromatic heterocycles. The summed E-state index contributed by atoms with van der Waals surface area (Å²) in [6.07, 6.45) is 2.82. The van der Waals surface area contributed by atoms with Gasteiger partial charge in [-0.05, 0) is 12.0 Å². The Morgan fingerprint density at radius 2 is 2.05 bits per heavy atom. The van der Waals surface area contributed by atoms with Crippen molar-refractivity contribution < 1.29 is 4.42 Å². The molecule has 0 unspecified atom stereocenters. The van der Waals surface area contributed by atoms with Crippen LogP contribution < -0.4 is 5.63 Å². The summed E-state index contributed by atoms with van der Waals surface area (Å²) in [5.74, 6) is 0.700. The predicted octanol–water partition coefficient (Wildman–Crippen LogP) is 2.78. The summed E-state index contributed by atoms with van der Waals surface area (Å²) in [6, 6.07) is 11.9. The molecule has 1 aromatic carbocycles. The third-order valence-electron chi connectivity index (χ3n) is 3.44. The lowest BCUT2D eigenvalue weighted by Crippen LogP contribution is -2.05. The summed E-state index contributed by atoms with van der Waals surface area (Å²) >= 11 is 0. The van der Waals surface area contributed by atoms with Gasteiger partial charge in [-0.2, -0.15) is 0 Å². The zero-order valence-electron chi connectivity index (χ0n) is 12.0. The van der Waals surface area contributed by atoms with Crippen LogP contribution in [0, 0.1) is 0 Å². The number of aromatic nitrogens is 3. The molecular weight excluding hydrogens is 266 g/mol. The van der Waals surface area contributed by atoms with Gasteiger partial charge in [-0.3, -0.25) is 0 Å². The fourth-order valence-corrected chi connectivity index (χ4v) is 2.31. The second-order valence-electron chi connectivity index (χ2n) is 5.07. The number of unbranched alkanes of at least 4 members (excludes halogenated alkanes) is 1. The van der Waals surface area contributed by atoms with Crippen molar-refractivity contribution in [2.45, 2.75) is 32.7 Å². The Morgan fingerprint density at radius 1 is 1.24 bits per heavy atom. The molecule has 3 aromatic rings.